The van der Waals surface area contributed by atoms with E-state index in [2.05, 4.69) is 44.5 Å². The maximum Gasteiger partial charge on any atom is 0.0355 e. The van der Waals surface area contributed by atoms with Crippen LogP contribution in [-0.2, 0) is 0 Å². The summed E-state index contributed by atoms with van der Waals surface area (Å²) in [5.74, 6) is 0.766. The zero-order valence-electron chi connectivity index (χ0n) is 13.1. The lowest BCUT2D eigenvalue weighted by atomic mass is 9.84. The zero-order valence-corrected chi connectivity index (χ0v) is 13.1. The van der Waals surface area contributed by atoms with Crippen LogP contribution in [0.15, 0.2) is 0 Å². The number of likely N-dealkylation sites (N-methyl/N-ethyl adjacent to an activating group) is 1. The molecule has 1 unspecified atom stereocenters. The van der Waals surface area contributed by atoms with Crippen LogP contribution in [0, 0.1) is 5.92 Å². The molecule has 18 heavy (non-hydrogen) atoms. The molecule has 0 radical (unpaired) electrons. The van der Waals surface area contributed by atoms with Gasteiger partial charge in [-0.1, -0.05) is 20.8 Å². The molecule has 2 N–H and O–H groups in total. The molecule has 1 atom stereocenters. The molecule has 1 rings (SSSR count). The Labute approximate surface area is 114 Å². The highest BCUT2D eigenvalue weighted by Crippen LogP contribution is 2.29. The Morgan fingerprint density at radius 1 is 1.22 bits per heavy atom. The summed E-state index contributed by atoms with van der Waals surface area (Å²) in [5.41, 5.74) is 6.36. The molecule has 1 aliphatic heterocycles. The SMILES string of the molecule is CCC(C)N(C)C1(CN)CCN(CC(C)C)CC1. The van der Waals surface area contributed by atoms with E-state index in [0.29, 0.717) is 6.04 Å². The number of piperidine rings is 1. The molecule has 0 spiro atoms. The Balaban J connectivity index is 2.59. The van der Waals surface area contributed by atoms with Crippen molar-refractivity contribution in [2.45, 2.75) is 58.5 Å². The van der Waals surface area contributed by atoms with Gasteiger partial charge in [0.1, 0.15) is 0 Å². The van der Waals surface area contributed by atoms with E-state index in [-0.39, 0.29) is 5.54 Å². The van der Waals surface area contributed by atoms with Gasteiger partial charge in [-0.15, -0.1) is 0 Å². The van der Waals surface area contributed by atoms with Gasteiger partial charge >= 0.3 is 0 Å². The molecular formula is C15H33N3. The van der Waals surface area contributed by atoms with Crippen LogP contribution in [-0.4, -0.2) is 54.6 Å². The number of hydrogen-bond acceptors (Lipinski definition) is 3. The summed E-state index contributed by atoms with van der Waals surface area (Å²) in [6.45, 7) is 13.6. The highest BCUT2D eigenvalue weighted by Gasteiger charge is 2.38. The second-order valence-electron chi connectivity index (χ2n) is 6.49. The number of hydrogen-bond donors (Lipinski definition) is 1. The third kappa shape index (κ3) is 3.69. The molecule has 0 aromatic rings. The van der Waals surface area contributed by atoms with E-state index in [0.717, 1.165) is 12.5 Å². The van der Waals surface area contributed by atoms with Gasteiger partial charge in [0.15, 0.2) is 0 Å². The van der Waals surface area contributed by atoms with Gasteiger partial charge in [0.25, 0.3) is 0 Å². The van der Waals surface area contributed by atoms with Gasteiger partial charge in [0.2, 0.25) is 0 Å². The zero-order chi connectivity index (χ0) is 13.8. The number of nitrogens with two attached hydrogens (primary N) is 1. The Kier molecular flexibility index (Phi) is 6.09. The standard InChI is InChI=1S/C15H33N3/c1-6-14(4)17(5)15(12-16)7-9-18(10-8-15)11-13(2)3/h13-14H,6-12,16H2,1-5H3. The van der Waals surface area contributed by atoms with Crippen molar-refractivity contribution in [3.05, 3.63) is 0 Å². The Morgan fingerprint density at radius 2 is 1.78 bits per heavy atom. The van der Waals surface area contributed by atoms with Crippen LogP contribution in [0.2, 0.25) is 0 Å². The predicted octanol–water partition coefficient (Wildman–Crippen LogP) is 2.17. The molecule has 0 aromatic heterocycles. The molecule has 0 saturated carbocycles. The lowest BCUT2D eigenvalue weighted by molar-refractivity contribution is 0.0173. The molecule has 1 fully saturated rings. The molecule has 0 aromatic carbocycles. The fraction of sp³-hybridized carbons (Fsp3) is 1.00. The van der Waals surface area contributed by atoms with Crippen molar-refractivity contribution in [1.82, 2.24) is 9.80 Å². The summed E-state index contributed by atoms with van der Waals surface area (Å²) in [6.07, 6.45) is 3.64. The second-order valence-corrected chi connectivity index (χ2v) is 6.49. The van der Waals surface area contributed by atoms with Crippen LogP contribution in [0.4, 0.5) is 0 Å². The lowest BCUT2D eigenvalue weighted by Crippen LogP contribution is -2.60. The Bertz CT molecular complexity index is 232. The predicted molar refractivity (Wildman–Crippen MR) is 79.8 cm³/mol. The largest absolute Gasteiger partial charge is 0.329 e. The first-order chi connectivity index (χ1) is 8.45. The summed E-state index contributed by atoms with van der Waals surface area (Å²) in [7, 11) is 2.26. The number of likely N-dealkylation sites (tertiary alicyclic amines) is 1. The Hall–Kier alpha value is -0.120. The molecule has 0 bridgehead atoms. The van der Waals surface area contributed by atoms with Gasteiger partial charge in [-0.05, 0) is 52.2 Å². The van der Waals surface area contributed by atoms with E-state index in [9.17, 15) is 0 Å². The molecule has 1 heterocycles. The van der Waals surface area contributed by atoms with Gasteiger partial charge < -0.3 is 10.6 Å². The summed E-state index contributed by atoms with van der Waals surface area (Å²) in [4.78, 5) is 5.14. The van der Waals surface area contributed by atoms with Crippen molar-refractivity contribution in [3.63, 3.8) is 0 Å². The van der Waals surface area contributed by atoms with Crippen molar-refractivity contribution in [2.24, 2.45) is 11.7 Å². The fourth-order valence-electron chi connectivity index (χ4n) is 3.11. The van der Waals surface area contributed by atoms with Crippen LogP contribution >= 0.6 is 0 Å². The number of rotatable bonds is 6. The summed E-state index contributed by atoms with van der Waals surface area (Å²) in [6, 6.07) is 0.630. The minimum absolute atomic E-state index is 0.239. The number of nitrogens with zero attached hydrogens (tertiary/aromatic N) is 2. The third-order valence-electron chi connectivity index (χ3n) is 4.79. The molecule has 0 amide bonds. The molecule has 3 heteroatoms. The van der Waals surface area contributed by atoms with Crippen molar-refractivity contribution in [2.75, 3.05) is 33.2 Å². The van der Waals surface area contributed by atoms with Gasteiger partial charge in [-0.25, -0.2) is 0 Å². The fourth-order valence-corrected chi connectivity index (χ4v) is 3.11. The first-order valence-electron chi connectivity index (χ1n) is 7.60. The van der Waals surface area contributed by atoms with Crippen molar-refractivity contribution >= 4 is 0 Å². The van der Waals surface area contributed by atoms with Crippen molar-refractivity contribution in [3.8, 4) is 0 Å². The van der Waals surface area contributed by atoms with Crippen LogP contribution in [0.5, 0.6) is 0 Å². The van der Waals surface area contributed by atoms with Gasteiger partial charge in [0.05, 0.1) is 0 Å². The van der Waals surface area contributed by atoms with E-state index >= 15 is 0 Å². The van der Waals surface area contributed by atoms with Crippen LogP contribution < -0.4 is 5.73 Å². The topological polar surface area (TPSA) is 32.5 Å². The smallest absolute Gasteiger partial charge is 0.0355 e. The molecule has 108 valence electrons. The second kappa shape index (κ2) is 6.88. The van der Waals surface area contributed by atoms with Crippen molar-refractivity contribution in [1.29, 1.82) is 0 Å². The molecule has 0 aliphatic carbocycles. The monoisotopic (exact) mass is 255 g/mol. The first-order valence-corrected chi connectivity index (χ1v) is 7.60. The van der Waals surface area contributed by atoms with Crippen LogP contribution in [0.3, 0.4) is 0 Å². The molecular weight excluding hydrogens is 222 g/mol. The van der Waals surface area contributed by atoms with Gasteiger partial charge in [-0.3, -0.25) is 4.90 Å². The van der Waals surface area contributed by atoms with Crippen LogP contribution in [0.1, 0.15) is 47.0 Å². The Morgan fingerprint density at radius 3 is 2.17 bits per heavy atom. The van der Waals surface area contributed by atoms with E-state index < -0.39 is 0 Å². The van der Waals surface area contributed by atoms with E-state index in [1.807, 2.05) is 0 Å². The minimum atomic E-state index is 0.239. The van der Waals surface area contributed by atoms with Crippen molar-refractivity contribution < 1.29 is 0 Å². The highest BCUT2D eigenvalue weighted by molar-refractivity contribution is 4.96. The summed E-state index contributed by atoms with van der Waals surface area (Å²) in [5, 5.41) is 0. The normalized spacial score (nSPS) is 22.7. The average Bonchev–Trinajstić information content (AvgIpc) is 2.37. The minimum Gasteiger partial charge on any atom is -0.329 e. The van der Waals surface area contributed by atoms with E-state index in [4.69, 9.17) is 5.73 Å². The van der Waals surface area contributed by atoms with Crippen LogP contribution in [0.25, 0.3) is 0 Å². The molecule has 1 aliphatic rings. The molecule has 1 saturated heterocycles. The van der Waals surface area contributed by atoms with E-state index in [1.54, 1.807) is 0 Å². The highest BCUT2D eigenvalue weighted by atomic mass is 15.2. The lowest BCUT2D eigenvalue weighted by Gasteiger charge is -2.49. The van der Waals surface area contributed by atoms with Gasteiger partial charge in [-0.2, -0.15) is 0 Å². The third-order valence-corrected chi connectivity index (χ3v) is 4.79. The van der Waals surface area contributed by atoms with E-state index in [1.165, 1.54) is 38.9 Å². The quantitative estimate of drug-likeness (QED) is 0.789. The maximum absolute atomic E-state index is 6.12. The van der Waals surface area contributed by atoms with Gasteiger partial charge in [0, 0.05) is 24.7 Å². The maximum atomic E-state index is 6.12. The first kappa shape index (κ1) is 15.9. The summed E-state index contributed by atoms with van der Waals surface area (Å²) >= 11 is 0. The average molecular weight is 255 g/mol. The summed E-state index contributed by atoms with van der Waals surface area (Å²) < 4.78 is 0. The molecule has 3 nitrogen and oxygen atoms in total.